The molecule has 3 unspecified atom stereocenters. The fraction of sp³-hybridized carbons (Fsp3) is 0.846. The van der Waals surface area contributed by atoms with E-state index in [1.165, 1.54) is 0 Å². The molecule has 96 valence electrons. The minimum Gasteiger partial charge on any atom is -0.354 e. The van der Waals surface area contributed by atoms with E-state index >= 15 is 0 Å². The largest absolute Gasteiger partial charge is 0.354 e. The van der Waals surface area contributed by atoms with Gasteiger partial charge in [0, 0.05) is 25.0 Å². The lowest BCUT2D eigenvalue weighted by Crippen LogP contribution is -2.37. The van der Waals surface area contributed by atoms with Crippen LogP contribution in [0.3, 0.4) is 0 Å². The average molecular weight is 237 g/mol. The molecule has 0 aliphatic heterocycles. The van der Waals surface area contributed by atoms with Crippen LogP contribution in [0.2, 0.25) is 0 Å². The van der Waals surface area contributed by atoms with Crippen LogP contribution < -0.4 is 10.6 Å². The second kappa shape index (κ2) is 7.29. The van der Waals surface area contributed by atoms with Crippen LogP contribution >= 0.6 is 0 Å². The van der Waals surface area contributed by atoms with Crippen molar-refractivity contribution < 1.29 is 4.79 Å². The maximum atomic E-state index is 11.5. The maximum absolute atomic E-state index is 11.5. The van der Waals surface area contributed by atoms with E-state index in [9.17, 15) is 4.79 Å². The molecule has 0 aromatic rings. The second-order valence-electron chi connectivity index (χ2n) is 4.85. The number of rotatable bonds is 6. The lowest BCUT2D eigenvalue weighted by Gasteiger charge is -2.16. The molecule has 3 atom stereocenters. The standard InChI is InChI=1S/C13H23N3O/c1-3-10(2)16-13(17)7-8-15-12-6-4-5-11(12)9-14/h10-12,15H,3-8H2,1-2H3,(H,16,17). The van der Waals surface area contributed by atoms with Crippen LogP contribution in [-0.4, -0.2) is 24.5 Å². The normalized spacial score (nSPS) is 25.2. The topological polar surface area (TPSA) is 64.9 Å². The van der Waals surface area contributed by atoms with Gasteiger partial charge in [-0.25, -0.2) is 0 Å². The molecule has 4 heteroatoms. The van der Waals surface area contributed by atoms with Gasteiger partial charge in [0.05, 0.1) is 12.0 Å². The van der Waals surface area contributed by atoms with E-state index in [0.717, 1.165) is 25.7 Å². The van der Waals surface area contributed by atoms with Gasteiger partial charge in [-0.1, -0.05) is 13.3 Å². The van der Waals surface area contributed by atoms with Crippen molar-refractivity contribution in [1.82, 2.24) is 10.6 Å². The number of hydrogen-bond donors (Lipinski definition) is 2. The minimum absolute atomic E-state index is 0.0957. The fourth-order valence-corrected chi connectivity index (χ4v) is 2.18. The molecule has 0 aromatic carbocycles. The van der Waals surface area contributed by atoms with E-state index in [1.807, 2.05) is 6.92 Å². The predicted octanol–water partition coefficient (Wildman–Crippen LogP) is 1.57. The van der Waals surface area contributed by atoms with E-state index in [4.69, 9.17) is 5.26 Å². The maximum Gasteiger partial charge on any atom is 0.221 e. The van der Waals surface area contributed by atoms with E-state index in [-0.39, 0.29) is 23.9 Å². The van der Waals surface area contributed by atoms with Crippen molar-refractivity contribution in [1.29, 1.82) is 5.26 Å². The Morgan fingerprint density at radius 3 is 2.94 bits per heavy atom. The summed E-state index contributed by atoms with van der Waals surface area (Å²) in [7, 11) is 0. The lowest BCUT2D eigenvalue weighted by atomic mass is 10.1. The molecule has 0 radical (unpaired) electrons. The molecule has 1 saturated carbocycles. The Morgan fingerprint density at radius 2 is 2.29 bits per heavy atom. The molecule has 0 saturated heterocycles. The summed E-state index contributed by atoms with van der Waals surface area (Å²) in [4.78, 5) is 11.5. The molecule has 17 heavy (non-hydrogen) atoms. The van der Waals surface area contributed by atoms with Gasteiger partial charge >= 0.3 is 0 Å². The highest BCUT2D eigenvalue weighted by Crippen LogP contribution is 2.24. The first-order valence-electron chi connectivity index (χ1n) is 6.59. The summed E-state index contributed by atoms with van der Waals surface area (Å²) in [5, 5.41) is 15.2. The number of nitriles is 1. The molecule has 0 aromatic heterocycles. The zero-order chi connectivity index (χ0) is 12.7. The minimum atomic E-state index is 0.0957. The zero-order valence-corrected chi connectivity index (χ0v) is 10.8. The molecule has 2 N–H and O–H groups in total. The predicted molar refractivity (Wildman–Crippen MR) is 67.3 cm³/mol. The zero-order valence-electron chi connectivity index (χ0n) is 10.8. The first kappa shape index (κ1) is 14.0. The van der Waals surface area contributed by atoms with Crippen molar-refractivity contribution in [3.05, 3.63) is 0 Å². The third-order valence-corrected chi connectivity index (χ3v) is 3.46. The number of amides is 1. The molecular weight excluding hydrogens is 214 g/mol. The van der Waals surface area contributed by atoms with Crippen LogP contribution in [0, 0.1) is 17.2 Å². The van der Waals surface area contributed by atoms with Crippen LogP contribution in [0.5, 0.6) is 0 Å². The van der Waals surface area contributed by atoms with Gasteiger partial charge in [-0.05, 0) is 26.2 Å². The highest BCUT2D eigenvalue weighted by molar-refractivity contribution is 5.76. The van der Waals surface area contributed by atoms with Gasteiger partial charge in [0.25, 0.3) is 0 Å². The monoisotopic (exact) mass is 237 g/mol. The molecule has 0 spiro atoms. The summed E-state index contributed by atoms with van der Waals surface area (Å²) in [5.41, 5.74) is 0. The molecule has 0 bridgehead atoms. The Hall–Kier alpha value is -1.08. The molecule has 0 heterocycles. The summed E-state index contributed by atoms with van der Waals surface area (Å²) in [6.07, 6.45) is 4.63. The van der Waals surface area contributed by atoms with E-state index < -0.39 is 0 Å². The van der Waals surface area contributed by atoms with Gasteiger partial charge in [0.1, 0.15) is 0 Å². The van der Waals surface area contributed by atoms with Crippen LogP contribution in [-0.2, 0) is 4.79 Å². The van der Waals surface area contributed by atoms with Crippen LogP contribution in [0.4, 0.5) is 0 Å². The average Bonchev–Trinajstić information content (AvgIpc) is 2.76. The third-order valence-electron chi connectivity index (χ3n) is 3.46. The molecule has 4 nitrogen and oxygen atoms in total. The van der Waals surface area contributed by atoms with Crippen LogP contribution in [0.15, 0.2) is 0 Å². The Morgan fingerprint density at radius 1 is 1.53 bits per heavy atom. The van der Waals surface area contributed by atoms with Crippen molar-refractivity contribution in [3.63, 3.8) is 0 Å². The van der Waals surface area contributed by atoms with Gasteiger partial charge in [-0.15, -0.1) is 0 Å². The van der Waals surface area contributed by atoms with E-state index in [0.29, 0.717) is 13.0 Å². The summed E-state index contributed by atoms with van der Waals surface area (Å²) in [6.45, 7) is 4.73. The molecule has 1 aliphatic carbocycles. The summed E-state index contributed by atoms with van der Waals surface area (Å²) < 4.78 is 0. The van der Waals surface area contributed by atoms with Crippen molar-refractivity contribution in [2.75, 3.05) is 6.54 Å². The Bertz CT molecular complexity index is 285. The molecule has 1 aliphatic rings. The van der Waals surface area contributed by atoms with Crippen molar-refractivity contribution in [3.8, 4) is 6.07 Å². The van der Waals surface area contributed by atoms with Gasteiger partial charge in [-0.3, -0.25) is 4.79 Å². The molecular formula is C13H23N3O. The quantitative estimate of drug-likeness (QED) is 0.737. The van der Waals surface area contributed by atoms with Crippen molar-refractivity contribution >= 4 is 5.91 Å². The van der Waals surface area contributed by atoms with Crippen molar-refractivity contribution in [2.45, 2.75) is 58.0 Å². The number of hydrogen-bond acceptors (Lipinski definition) is 3. The van der Waals surface area contributed by atoms with Gasteiger partial charge in [0.2, 0.25) is 5.91 Å². The Labute approximate surface area is 104 Å². The third kappa shape index (κ3) is 4.74. The first-order chi connectivity index (χ1) is 8.17. The molecule has 1 rings (SSSR count). The highest BCUT2D eigenvalue weighted by Gasteiger charge is 2.26. The number of nitrogens with one attached hydrogen (secondary N) is 2. The van der Waals surface area contributed by atoms with Gasteiger partial charge < -0.3 is 10.6 Å². The lowest BCUT2D eigenvalue weighted by molar-refractivity contribution is -0.121. The SMILES string of the molecule is CCC(C)NC(=O)CCNC1CCCC1C#N. The van der Waals surface area contributed by atoms with Gasteiger partial charge in [-0.2, -0.15) is 5.26 Å². The van der Waals surface area contributed by atoms with Gasteiger partial charge in [0.15, 0.2) is 0 Å². The Kier molecular flexibility index (Phi) is 5.99. The molecule has 1 amide bonds. The summed E-state index contributed by atoms with van der Waals surface area (Å²) >= 11 is 0. The van der Waals surface area contributed by atoms with Crippen LogP contribution in [0.1, 0.15) is 46.0 Å². The first-order valence-corrected chi connectivity index (χ1v) is 6.59. The van der Waals surface area contributed by atoms with E-state index in [2.05, 4.69) is 23.6 Å². The van der Waals surface area contributed by atoms with E-state index in [1.54, 1.807) is 0 Å². The second-order valence-corrected chi connectivity index (χ2v) is 4.85. The number of carbonyl (C=O) groups excluding carboxylic acids is 1. The summed E-state index contributed by atoms with van der Waals surface area (Å²) in [6, 6.07) is 2.87. The smallest absolute Gasteiger partial charge is 0.221 e. The number of carbonyl (C=O) groups is 1. The molecule has 1 fully saturated rings. The van der Waals surface area contributed by atoms with Crippen LogP contribution in [0.25, 0.3) is 0 Å². The summed E-state index contributed by atoms with van der Waals surface area (Å²) in [5.74, 6) is 0.228. The highest BCUT2D eigenvalue weighted by atomic mass is 16.1. The Balaban J connectivity index is 2.15. The number of nitrogens with zero attached hydrogens (tertiary/aromatic N) is 1. The fourth-order valence-electron chi connectivity index (χ4n) is 2.18. The van der Waals surface area contributed by atoms with Crippen molar-refractivity contribution in [2.24, 2.45) is 5.92 Å².